The van der Waals surface area contributed by atoms with Gasteiger partial charge >= 0.3 is 0 Å². The van der Waals surface area contributed by atoms with Gasteiger partial charge in [0, 0.05) is 12.8 Å². The summed E-state index contributed by atoms with van der Waals surface area (Å²) in [6.45, 7) is 1.49. The molecule has 1 atom stereocenters. The lowest BCUT2D eigenvalue weighted by atomic mass is 10.2. The van der Waals surface area contributed by atoms with Gasteiger partial charge in [-0.05, 0) is 30.7 Å². The monoisotopic (exact) mass is 255 g/mol. The largest absolute Gasteiger partial charge is 0.461 e. The van der Waals surface area contributed by atoms with E-state index in [0.717, 1.165) is 35.8 Å². The number of ether oxygens (including phenoxy) is 1. The van der Waals surface area contributed by atoms with E-state index in [1.54, 1.807) is 12.5 Å². The Morgan fingerprint density at radius 2 is 2.26 bits per heavy atom. The van der Waals surface area contributed by atoms with E-state index in [0.29, 0.717) is 6.61 Å². The number of rotatable bonds is 2. The number of fused-ring (bicyclic) bond motifs is 1. The molecule has 0 N–H and O–H groups in total. The topological polar surface area (TPSA) is 53.1 Å². The second-order valence-corrected chi connectivity index (χ2v) is 4.65. The van der Waals surface area contributed by atoms with Gasteiger partial charge in [0.15, 0.2) is 17.2 Å². The average Bonchev–Trinajstić information content (AvgIpc) is 3.17. The van der Waals surface area contributed by atoms with E-state index in [1.807, 2.05) is 24.3 Å². The molecule has 5 heteroatoms. The first-order valence-electron chi connectivity index (χ1n) is 6.38. The molecule has 0 radical (unpaired) electrons. The third-order valence-electron chi connectivity index (χ3n) is 3.46. The summed E-state index contributed by atoms with van der Waals surface area (Å²) in [6, 6.07) is 7.95. The summed E-state index contributed by atoms with van der Waals surface area (Å²) in [4.78, 5) is 9.11. The van der Waals surface area contributed by atoms with Gasteiger partial charge in [0.25, 0.3) is 0 Å². The fraction of sp³-hybridized carbons (Fsp3) is 0.286. The van der Waals surface area contributed by atoms with Crippen LogP contribution in [-0.2, 0) is 4.74 Å². The predicted molar refractivity (Wildman–Crippen MR) is 69.7 cm³/mol. The van der Waals surface area contributed by atoms with Crippen LogP contribution in [0.3, 0.4) is 0 Å². The van der Waals surface area contributed by atoms with E-state index < -0.39 is 0 Å². The molecule has 3 aromatic heterocycles. The van der Waals surface area contributed by atoms with E-state index >= 15 is 0 Å². The number of hydrogen-bond acceptors (Lipinski definition) is 4. The smallest absolute Gasteiger partial charge is 0.178 e. The zero-order valence-electron chi connectivity index (χ0n) is 10.3. The van der Waals surface area contributed by atoms with Gasteiger partial charge in [-0.1, -0.05) is 0 Å². The molecule has 1 saturated heterocycles. The third-order valence-corrected chi connectivity index (χ3v) is 3.46. The molecule has 1 unspecified atom stereocenters. The summed E-state index contributed by atoms with van der Waals surface area (Å²) in [5, 5.41) is 0. The standard InChI is InChI=1S/C14H13N3O2/c1-3-11-13(15-6-1)17(10-5-8-18-9-10)14(16-11)12-4-2-7-19-12/h1-4,6-7,10H,5,8-9H2. The molecule has 0 aliphatic carbocycles. The Morgan fingerprint density at radius 1 is 1.26 bits per heavy atom. The summed E-state index contributed by atoms with van der Waals surface area (Å²) in [5.74, 6) is 1.60. The van der Waals surface area contributed by atoms with Gasteiger partial charge in [0.1, 0.15) is 5.52 Å². The second kappa shape index (κ2) is 4.20. The highest BCUT2D eigenvalue weighted by molar-refractivity contribution is 5.76. The van der Waals surface area contributed by atoms with Gasteiger partial charge in [-0.15, -0.1) is 0 Å². The maximum absolute atomic E-state index is 5.50. The van der Waals surface area contributed by atoms with Crippen LogP contribution in [0.15, 0.2) is 41.1 Å². The lowest BCUT2D eigenvalue weighted by Gasteiger charge is -2.13. The second-order valence-electron chi connectivity index (χ2n) is 4.65. The van der Waals surface area contributed by atoms with Crippen molar-refractivity contribution in [2.24, 2.45) is 0 Å². The summed E-state index contributed by atoms with van der Waals surface area (Å²) < 4.78 is 13.1. The van der Waals surface area contributed by atoms with Crippen molar-refractivity contribution in [1.29, 1.82) is 0 Å². The molecule has 5 nitrogen and oxygen atoms in total. The quantitative estimate of drug-likeness (QED) is 0.706. The summed E-state index contributed by atoms with van der Waals surface area (Å²) in [7, 11) is 0. The Kier molecular flexibility index (Phi) is 2.38. The van der Waals surface area contributed by atoms with Crippen LogP contribution in [0, 0.1) is 0 Å². The molecule has 4 heterocycles. The molecule has 0 spiro atoms. The normalized spacial score (nSPS) is 19.3. The highest BCUT2D eigenvalue weighted by Gasteiger charge is 2.25. The number of hydrogen-bond donors (Lipinski definition) is 0. The molecule has 3 aromatic rings. The van der Waals surface area contributed by atoms with Gasteiger partial charge in [-0.25, -0.2) is 9.97 Å². The first-order valence-corrected chi connectivity index (χ1v) is 6.38. The molecule has 0 saturated carbocycles. The van der Waals surface area contributed by atoms with Gasteiger partial charge in [-0.3, -0.25) is 0 Å². The molecule has 1 fully saturated rings. The predicted octanol–water partition coefficient (Wildman–Crippen LogP) is 2.65. The van der Waals surface area contributed by atoms with Gasteiger partial charge < -0.3 is 13.7 Å². The van der Waals surface area contributed by atoms with Crippen LogP contribution >= 0.6 is 0 Å². The number of nitrogens with zero attached hydrogens (tertiary/aromatic N) is 3. The maximum atomic E-state index is 5.50. The van der Waals surface area contributed by atoms with Crippen molar-refractivity contribution in [3.63, 3.8) is 0 Å². The average molecular weight is 255 g/mol. The van der Waals surface area contributed by atoms with Crippen molar-refractivity contribution >= 4 is 11.2 Å². The Morgan fingerprint density at radius 3 is 3.05 bits per heavy atom. The third kappa shape index (κ3) is 1.66. The Hall–Kier alpha value is -2.14. The zero-order chi connectivity index (χ0) is 12.7. The first kappa shape index (κ1) is 10.8. The Bertz CT molecular complexity index is 697. The highest BCUT2D eigenvalue weighted by Crippen LogP contribution is 2.31. The minimum Gasteiger partial charge on any atom is -0.461 e. The lowest BCUT2D eigenvalue weighted by molar-refractivity contribution is 0.187. The van der Waals surface area contributed by atoms with Crippen molar-refractivity contribution in [3.8, 4) is 11.6 Å². The number of imidazole rings is 1. The Balaban J connectivity index is 1.98. The van der Waals surface area contributed by atoms with Crippen LogP contribution < -0.4 is 0 Å². The number of aromatic nitrogens is 3. The van der Waals surface area contributed by atoms with Crippen LogP contribution in [0.5, 0.6) is 0 Å². The van der Waals surface area contributed by atoms with E-state index in [-0.39, 0.29) is 6.04 Å². The summed E-state index contributed by atoms with van der Waals surface area (Å²) in [5.41, 5.74) is 1.78. The fourth-order valence-electron chi connectivity index (χ4n) is 2.58. The van der Waals surface area contributed by atoms with E-state index in [9.17, 15) is 0 Å². The van der Waals surface area contributed by atoms with Crippen LogP contribution in [0.4, 0.5) is 0 Å². The van der Waals surface area contributed by atoms with Gasteiger partial charge in [0.2, 0.25) is 0 Å². The van der Waals surface area contributed by atoms with Crippen LogP contribution in [0.25, 0.3) is 22.7 Å². The number of pyridine rings is 1. The molecule has 1 aliphatic rings. The van der Waals surface area contributed by atoms with Crippen molar-refractivity contribution < 1.29 is 9.15 Å². The molecule has 0 aromatic carbocycles. The zero-order valence-corrected chi connectivity index (χ0v) is 10.3. The fourth-order valence-corrected chi connectivity index (χ4v) is 2.58. The molecular formula is C14H13N3O2. The van der Waals surface area contributed by atoms with Crippen molar-refractivity contribution in [2.75, 3.05) is 13.2 Å². The van der Waals surface area contributed by atoms with Crippen molar-refractivity contribution in [3.05, 3.63) is 36.7 Å². The molecule has 4 rings (SSSR count). The minimum absolute atomic E-state index is 0.278. The maximum Gasteiger partial charge on any atom is 0.178 e. The molecule has 1 aliphatic heterocycles. The number of furan rings is 1. The SMILES string of the molecule is c1coc(-c2nc3cccnc3n2C2CCOC2)c1. The van der Waals surface area contributed by atoms with E-state index in [1.165, 1.54) is 0 Å². The first-order chi connectivity index (χ1) is 9.43. The van der Waals surface area contributed by atoms with Crippen LogP contribution in [-0.4, -0.2) is 27.7 Å². The van der Waals surface area contributed by atoms with Gasteiger partial charge in [0.05, 0.1) is 18.9 Å². The van der Waals surface area contributed by atoms with Crippen molar-refractivity contribution in [2.45, 2.75) is 12.5 Å². The van der Waals surface area contributed by atoms with Gasteiger partial charge in [-0.2, -0.15) is 0 Å². The van der Waals surface area contributed by atoms with E-state index in [4.69, 9.17) is 9.15 Å². The minimum atomic E-state index is 0.278. The molecule has 96 valence electrons. The summed E-state index contributed by atoms with van der Waals surface area (Å²) in [6.07, 6.45) is 4.44. The lowest BCUT2D eigenvalue weighted by Crippen LogP contribution is -2.10. The van der Waals surface area contributed by atoms with Crippen LogP contribution in [0.2, 0.25) is 0 Å². The summed E-state index contributed by atoms with van der Waals surface area (Å²) >= 11 is 0. The van der Waals surface area contributed by atoms with E-state index in [2.05, 4.69) is 14.5 Å². The molecular weight excluding hydrogens is 242 g/mol. The highest BCUT2D eigenvalue weighted by atomic mass is 16.5. The van der Waals surface area contributed by atoms with Crippen molar-refractivity contribution in [1.82, 2.24) is 14.5 Å². The van der Waals surface area contributed by atoms with Crippen LogP contribution in [0.1, 0.15) is 12.5 Å². The molecule has 0 bridgehead atoms. The Labute approximate surface area is 109 Å². The molecule has 0 amide bonds. The molecule has 19 heavy (non-hydrogen) atoms.